The smallest absolute Gasteiger partial charge is 0.266 e. The summed E-state index contributed by atoms with van der Waals surface area (Å²) in [5.74, 6) is 0.133. The minimum Gasteiger partial charge on any atom is -0.489 e. The topological polar surface area (TPSA) is 62.1 Å². The quantitative estimate of drug-likeness (QED) is 0.344. The SMILES string of the molecule is C=CCOc1ccc2ccccc2c1/C=C(\C#N)C(=O)Nc1ccc(C)c(C)c1. The summed E-state index contributed by atoms with van der Waals surface area (Å²) in [6.07, 6.45) is 3.23. The number of nitrogens with zero attached hydrogens (tertiary/aromatic N) is 1. The van der Waals surface area contributed by atoms with E-state index in [1.807, 2.05) is 74.5 Å². The first-order valence-corrected chi connectivity index (χ1v) is 9.29. The molecule has 4 heteroatoms. The third-order valence-electron chi connectivity index (χ3n) is 4.71. The Hall–Kier alpha value is -3.84. The number of anilines is 1. The summed E-state index contributed by atoms with van der Waals surface area (Å²) < 4.78 is 5.76. The maximum absolute atomic E-state index is 12.7. The Labute approximate surface area is 170 Å². The Morgan fingerprint density at radius 3 is 2.66 bits per heavy atom. The lowest BCUT2D eigenvalue weighted by Gasteiger charge is -2.12. The van der Waals surface area contributed by atoms with Crippen LogP contribution in [0.5, 0.6) is 5.75 Å². The monoisotopic (exact) mass is 382 g/mol. The van der Waals surface area contributed by atoms with Crippen molar-refractivity contribution in [2.45, 2.75) is 13.8 Å². The van der Waals surface area contributed by atoms with Crippen molar-refractivity contribution in [3.8, 4) is 11.8 Å². The predicted octanol–water partition coefficient (Wildman–Crippen LogP) is 5.57. The number of nitrogens with one attached hydrogen (secondary N) is 1. The van der Waals surface area contributed by atoms with E-state index in [0.717, 1.165) is 21.9 Å². The van der Waals surface area contributed by atoms with Crippen molar-refractivity contribution >= 4 is 28.4 Å². The average Bonchev–Trinajstić information content (AvgIpc) is 2.73. The zero-order valence-corrected chi connectivity index (χ0v) is 16.5. The lowest BCUT2D eigenvalue weighted by atomic mass is 10.0. The molecule has 3 rings (SSSR count). The normalized spacial score (nSPS) is 11.0. The standard InChI is InChI=1S/C25H22N2O2/c1-4-13-29-24-12-10-19-7-5-6-8-22(19)23(24)15-20(16-26)25(28)27-21-11-9-17(2)18(3)14-21/h4-12,14-15H,1,13H2,2-3H3,(H,27,28)/b20-15+. The first-order valence-electron chi connectivity index (χ1n) is 9.29. The largest absolute Gasteiger partial charge is 0.489 e. The Bertz CT molecular complexity index is 1150. The fourth-order valence-electron chi connectivity index (χ4n) is 3.01. The van der Waals surface area contributed by atoms with Gasteiger partial charge in [-0.3, -0.25) is 4.79 Å². The molecule has 0 unspecified atom stereocenters. The summed E-state index contributed by atoms with van der Waals surface area (Å²) in [6.45, 7) is 7.99. The van der Waals surface area contributed by atoms with E-state index >= 15 is 0 Å². The fraction of sp³-hybridized carbons (Fsp3) is 0.120. The van der Waals surface area contributed by atoms with Gasteiger partial charge < -0.3 is 10.1 Å². The van der Waals surface area contributed by atoms with Gasteiger partial charge in [0, 0.05) is 11.3 Å². The van der Waals surface area contributed by atoms with Crippen LogP contribution >= 0.6 is 0 Å². The molecular weight excluding hydrogens is 360 g/mol. The van der Waals surface area contributed by atoms with Crippen molar-refractivity contribution < 1.29 is 9.53 Å². The molecule has 0 fully saturated rings. The van der Waals surface area contributed by atoms with Crippen molar-refractivity contribution in [2.75, 3.05) is 11.9 Å². The maximum Gasteiger partial charge on any atom is 0.266 e. The lowest BCUT2D eigenvalue weighted by molar-refractivity contribution is -0.112. The van der Waals surface area contributed by atoms with Crippen molar-refractivity contribution in [2.24, 2.45) is 0 Å². The molecule has 144 valence electrons. The van der Waals surface area contributed by atoms with Gasteiger partial charge in [-0.2, -0.15) is 5.26 Å². The second kappa shape index (κ2) is 8.90. The number of fused-ring (bicyclic) bond motifs is 1. The molecule has 0 aliphatic heterocycles. The van der Waals surface area contributed by atoms with Gasteiger partial charge >= 0.3 is 0 Å². The van der Waals surface area contributed by atoms with Crippen LogP contribution in [0.3, 0.4) is 0 Å². The molecule has 0 heterocycles. The molecule has 29 heavy (non-hydrogen) atoms. The molecule has 0 saturated heterocycles. The van der Waals surface area contributed by atoms with Gasteiger partial charge in [-0.25, -0.2) is 0 Å². The van der Waals surface area contributed by atoms with Crippen LogP contribution < -0.4 is 10.1 Å². The summed E-state index contributed by atoms with van der Waals surface area (Å²) in [4.78, 5) is 12.7. The lowest BCUT2D eigenvalue weighted by Crippen LogP contribution is -2.13. The number of carbonyl (C=O) groups is 1. The molecular formula is C25H22N2O2. The second-order valence-electron chi connectivity index (χ2n) is 6.72. The summed E-state index contributed by atoms with van der Waals surface area (Å²) >= 11 is 0. The molecule has 0 aliphatic carbocycles. The predicted molar refractivity (Wildman–Crippen MR) is 118 cm³/mol. The number of benzene rings is 3. The number of hydrogen-bond acceptors (Lipinski definition) is 3. The number of nitriles is 1. The van der Waals surface area contributed by atoms with E-state index in [0.29, 0.717) is 23.6 Å². The number of amides is 1. The zero-order valence-electron chi connectivity index (χ0n) is 16.5. The maximum atomic E-state index is 12.7. The molecule has 3 aromatic carbocycles. The number of aryl methyl sites for hydroxylation is 2. The molecule has 0 radical (unpaired) electrons. The molecule has 4 nitrogen and oxygen atoms in total. The van der Waals surface area contributed by atoms with Gasteiger partial charge in [-0.1, -0.05) is 49.1 Å². The molecule has 1 amide bonds. The third-order valence-corrected chi connectivity index (χ3v) is 4.71. The van der Waals surface area contributed by atoms with E-state index in [-0.39, 0.29) is 5.57 Å². The van der Waals surface area contributed by atoms with E-state index in [9.17, 15) is 10.1 Å². The van der Waals surface area contributed by atoms with Gasteiger partial charge in [0.15, 0.2) is 0 Å². The van der Waals surface area contributed by atoms with E-state index in [4.69, 9.17) is 4.74 Å². The van der Waals surface area contributed by atoms with Crippen LogP contribution in [0.25, 0.3) is 16.8 Å². The Kier molecular flexibility index (Phi) is 6.11. The Morgan fingerprint density at radius 2 is 1.93 bits per heavy atom. The highest BCUT2D eigenvalue weighted by atomic mass is 16.5. The molecule has 0 aromatic heterocycles. The second-order valence-corrected chi connectivity index (χ2v) is 6.72. The number of carbonyl (C=O) groups excluding carboxylic acids is 1. The molecule has 1 N–H and O–H groups in total. The minimum absolute atomic E-state index is 0.00281. The van der Waals surface area contributed by atoms with Gasteiger partial charge in [-0.15, -0.1) is 0 Å². The molecule has 0 saturated carbocycles. The molecule has 0 aliphatic rings. The molecule has 0 spiro atoms. The summed E-state index contributed by atoms with van der Waals surface area (Å²) in [5.41, 5.74) is 3.55. The van der Waals surface area contributed by atoms with E-state index in [1.165, 1.54) is 0 Å². The van der Waals surface area contributed by atoms with Crippen LogP contribution in [0.15, 0.2) is 72.8 Å². The van der Waals surface area contributed by atoms with Crippen LogP contribution in [0, 0.1) is 25.2 Å². The summed E-state index contributed by atoms with van der Waals surface area (Å²) in [7, 11) is 0. The first-order chi connectivity index (χ1) is 14.0. The first kappa shape index (κ1) is 19.9. The van der Waals surface area contributed by atoms with Crippen molar-refractivity contribution in [1.82, 2.24) is 0 Å². The third kappa shape index (κ3) is 4.53. The number of ether oxygens (including phenoxy) is 1. The van der Waals surface area contributed by atoms with Crippen LogP contribution in [0.2, 0.25) is 0 Å². The summed E-state index contributed by atoms with van der Waals surface area (Å²) in [5, 5.41) is 14.3. The van der Waals surface area contributed by atoms with Gasteiger partial charge in [0.2, 0.25) is 0 Å². The fourth-order valence-corrected chi connectivity index (χ4v) is 3.01. The molecule has 0 bridgehead atoms. The minimum atomic E-state index is -0.460. The Balaban J connectivity index is 2.02. The van der Waals surface area contributed by atoms with Crippen molar-refractivity contribution in [3.63, 3.8) is 0 Å². The van der Waals surface area contributed by atoms with Gasteiger partial charge in [0.05, 0.1) is 0 Å². The van der Waals surface area contributed by atoms with Gasteiger partial charge in [0.25, 0.3) is 5.91 Å². The van der Waals surface area contributed by atoms with Gasteiger partial charge in [-0.05, 0) is 60.0 Å². The zero-order chi connectivity index (χ0) is 20.8. The number of hydrogen-bond donors (Lipinski definition) is 1. The van der Waals surface area contributed by atoms with Crippen LogP contribution in [-0.4, -0.2) is 12.5 Å². The molecule has 3 aromatic rings. The van der Waals surface area contributed by atoms with Crippen molar-refractivity contribution in [1.29, 1.82) is 5.26 Å². The van der Waals surface area contributed by atoms with Crippen LogP contribution in [0.4, 0.5) is 5.69 Å². The number of rotatable bonds is 6. The highest BCUT2D eigenvalue weighted by molar-refractivity contribution is 6.11. The highest BCUT2D eigenvalue weighted by Crippen LogP contribution is 2.30. The summed E-state index contributed by atoms with van der Waals surface area (Å²) in [6, 6.07) is 19.2. The van der Waals surface area contributed by atoms with Crippen LogP contribution in [0.1, 0.15) is 16.7 Å². The van der Waals surface area contributed by atoms with Crippen molar-refractivity contribution in [3.05, 3.63) is 89.5 Å². The van der Waals surface area contributed by atoms with E-state index < -0.39 is 5.91 Å². The molecule has 0 atom stereocenters. The average molecular weight is 382 g/mol. The Morgan fingerprint density at radius 1 is 1.14 bits per heavy atom. The highest BCUT2D eigenvalue weighted by Gasteiger charge is 2.14. The van der Waals surface area contributed by atoms with Gasteiger partial charge in [0.1, 0.15) is 24.0 Å². The van der Waals surface area contributed by atoms with E-state index in [2.05, 4.69) is 11.9 Å². The van der Waals surface area contributed by atoms with Crippen LogP contribution in [-0.2, 0) is 4.79 Å². The van der Waals surface area contributed by atoms with E-state index in [1.54, 1.807) is 12.2 Å².